The van der Waals surface area contributed by atoms with Gasteiger partial charge in [0.25, 0.3) is 0 Å². The van der Waals surface area contributed by atoms with Crippen LogP contribution in [0, 0.1) is 11.8 Å². The van der Waals surface area contributed by atoms with Gasteiger partial charge in [-0.2, -0.15) is 0 Å². The average molecular weight is 280 g/mol. The SMILES string of the molecule is O=C(OCc1ccccc1)C1CC1C(=O)c1ccccc1. The lowest BCUT2D eigenvalue weighted by Gasteiger charge is -2.04. The molecule has 0 spiro atoms. The molecule has 0 radical (unpaired) electrons. The van der Waals surface area contributed by atoms with Crippen LogP contribution in [0.4, 0.5) is 0 Å². The van der Waals surface area contributed by atoms with Crippen molar-refractivity contribution in [1.82, 2.24) is 0 Å². The van der Waals surface area contributed by atoms with E-state index >= 15 is 0 Å². The molecule has 0 aromatic heterocycles. The van der Waals surface area contributed by atoms with E-state index in [1.807, 2.05) is 48.5 Å². The molecule has 1 saturated carbocycles. The molecule has 1 aliphatic carbocycles. The third-order valence-electron chi connectivity index (χ3n) is 3.71. The number of carbonyl (C=O) groups excluding carboxylic acids is 2. The van der Waals surface area contributed by atoms with Crippen molar-refractivity contribution >= 4 is 11.8 Å². The molecule has 3 nitrogen and oxygen atoms in total. The maximum atomic E-state index is 12.2. The molecule has 106 valence electrons. The van der Waals surface area contributed by atoms with Gasteiger partial charge in [0.2, 0.25) is 0 Å². The molecule has 3 heteroatoms. The van der Waals surface area contributed by atoms with Crippen molar-refractivity contribution in [2.45, 2.75) is 13.0 Å². The molecule has 0 N–H and O–H groups in total. The monoisotopic (exact) mass is 280 g/mol. The molecule has 0 aliphatic heterocycles. The van der Waals surface area contributed by atoms with E-state index in [0.717, 1.165) is 5.56 Å². The molecular formula is C18H16O3. The van der Waals surface area contributed by atoms with E-state index in [9.17, 15) is 9.59 Å². The summed E-state index contributed by atoms with van der Waals surface area (Å²) < 4.78 is 5.28. The van der Waals surface area contributed by atoms with Crippen LogP contribution >= 0.6 is 0 Å². The largest absolute Gasteiger partial charge is 0.461 e. The van der Waals surface area contributed by atoms with E-state index in [4.69, 9.17) is 4.74 Å². The Balaban J connectivity index is 1.53. The van der Waals surface area contributed by atoms with Crippen molar-refractivity contribution in [2.24, 2.45) is 11.8 Å². The van der Waals surface area contributed by atoms with Gasteiger partial charge in [-0.15, -0.1) is 0 Å². The number of hydrogen-bond donors (Lipinski definition) is 0. The molecule has 3 rings (SSSR count). The predicted octanol–water partition coefficient (Wildman–Crippen LogP) is 3.25. The molecular weight excluding hydrogens is 264 g/mol. The van der Waals surface area contributed by atoms with E-state index in [2.05, 4.69) is 0 Å². The summed E-state index contributed by atoms with van der Waals surface area (Å²) in [5, 5.41) is 0. The number of ketones is 1. The summed E-state index contributed by atoms with van der Waals surface area (Å²) in [6, 6.07) is 18.6. The van der Waals surface area contributed by atoms with Crippen molar-refractivity contribution in [2.75, 3.05) is 0 Å². The highest BCUT2D eigenvalue weighted by atomic mass is 16.5. The standard InChI is InChI=1S/C18H16O3/c19-17(14-9-5-2-6-10-14)15-11-16(15)18(20)21-12-13-7-3-1-4-8-13/h1-10,15-16H,11-12H2. The van der Waals surface area contributed by atoms with Gasteiger partial charge in [0.05, 0.1) is 5.92 Å². The van der Waals surface area contributed by atoms with Gasteiger partial charge in [-0.05, 0) is 12.0 Å². The first kappa shape index (κ1) is 13.6. The Morgan fingerprint density at radius 3 is 2.19 bits per heavy atom. The lowest BCUT2D eigenvalue weighted by molar-refractivity contribution is -0.146. The minimum Gasteiger partial charge on any atom is -0.461 e. The van der Waals surface area contributed by atoms with Gasteiger partial charge < -0.3 is 4.74 Å². The van der Waals surface area contributed by atoms with Crippen LogP contribution in [0.5, 0.6) is 0 Å². The number of rotatable bonds is 5. The Bertz CT molecular complexity index is 634. The van der Waals surface area contributed by atoms with E-state index in [0.29, 0.717) is 12.0 Å². The average Bonchev–Trinajstić information content (AvgIpc) is 3.34. The summed E-state index contributed by atoms with van der Waals surface area (Å²) in [5.41, 5.74) is 1.62. The van der Waals surface area contributed by atoms with Gasteiger partial charge in [0, 0.05) is 11.5 Å². The number of esters is 1. The summed E-state index contributed by atoms with van der Waals surface area (Å²) in [7, 11) is 0. The van der Waals surface area contributed by atoms with Crippen LogP contribution in [0.2, 0.25) is 0 Å². The van der Waals surface area contributed by atoms with Gasteiger partial charge >= 0.3 is 5.97 Å². The van der Waals surface area contributed by atoms with Gasteiger partial charge in [-0.25, -0.2) is 0 Å². The van der Waals surface area contributed by atoms with E-state index < -0.39 is 0 Å². The first-order valence-corrected chi connectivity index (χ1v) is 7.05. The van der Waals surface area contributed by atoms with Gasteiger partial charge in [-0.1, -0.05) is 60.7 Å². The zero-order valence-electron chi connectivity index (χ0n) is 11.6. The van der Waals surface area contributed by atoms with Gasteiger partial charge in [0.1, 0.15) is 6.61 Å². The highest BCUT2D eigenvalue weighted by molar-refractivity contribution is 6.02. The lowest BCUT2D eigenvalue weighted by Crippen LogP contribution is -2.12. The summed E-state index contributed by atoms with van der Waals surface area (Å²) >= 11 is 0. The molecule has 0 saturated heterocycles. The maximum absolute atomic E-state index is 12.2. The predicted molar refractivity (Wildman–Crippen MR) is 78.6 cm³/mol. The number of benzene rings is 2. The second-order valence-corrected chi connectivity index (χ2v) is 5.27. The minimum absolute atomic E-state index is 0.0391. The number of ether oxygens (including phenoxy) is 1. The Labute approximate surface area is 123 Å². The van der Waals surface area contributed by atoms with E-state index in [1.165, 1.54) is 0 Å². The van der Waals surface area contributed by atoms with Crippen LogP contribution in [0.3, 0.4) is 0 Å². The third-order valence-corrected chi connectivity index (χ3v) is 3.71. The first-order valence-electron chi connectivity index (χ1n) is 7.05. The van der Waals surface area contributed by atoms with E-state index in [-0.39, 0.29) is 30.2 Å². The molecule has 0 amide bonds. The van der Waals surface area contributed by atoms with Crippen LogP contribution in [0.25, 0.3) is 0 Å². The van der Waals surface area contributed by atoms with Crippen molar-refractivity contribution in [3.8, 4) is 0 Å². The zero-order chi connectivity index (χ0) is 14.7. The molecule has 1 fully saturated rings. The fourth-order valence-corrected chi connectivity index (χ4v) is 2.40. The molecule has 2 unspecified atom stereocenters. The Kier molecular flexibility index (Phi) is 3.82. The third kappa shape index (κ3) is 3.19. The molecule has 1 aliphatic rings. The molecule has 2 aromatic carbocycles. The summed E-state index contributed by atoms with van der Waals surface area (Å²) in [4.78, 5) is 24.1. The normalized spacial score (nSPS) is 19.8. The van der Waals surface area contributed by atoms with E-state index in [1.54, 1.807) is 12.1 Å². The quantitative estimate of drug-likeness (QED) is 0.623. The van der Waals surface area contributed by atoms with Gasteiger partial charge in [-0.3, -0.25) is 9.59 Å². The molecule has 21 heavy (non-hydrogen) atoms. The van der Waals surface area contributed by atoms with Crippen LogP contribution < -0.4 is 0 Å². The Morgan fingerprint density at radius 1 is 0.905 bits per heavy atom. The molecule has 2 atom stereocenters. The van der Waals surface area contributed by atoms with Crippen LogP contribution in [0.1, 0.15) is 22.3 Å². The van der Waals surface area contributed by atoms with Crippen molar-refractivity contribution in [1.29, 1.82) is 0 Å². The smallest absolute Gasteiger partial charge is 0.310 e. The van der Waals surface area contributed by atoms with Crippen LogP contribution in [-0.4, -0.2) is 11.8 Å². The highest BCUT2D eigenvalue weighted by Crippen LogP contribution is 2.42. The highest BCUT2D eigenvalue weighted by Gasteiger charge is 2.49. The summed E-state index contributed by atoms with van der Waals surface area (Å²) in [5.74, 6) is -0.720. The Hall–Kier alpha value is -2.42. The van der Waals surface area contributed by atoms with Crippen LogP contribution in [-0.2, 0) is 16.1 Å². The number of hydrogen-bond acceptors (Lipinski definition) is 3. The fraction of sp³-hybridized carbons (Fsp3) is 0.222. The number of Topliss-reactive ketones (excluding diaryl/α,β-unsaturated/α-hetero) is 1. The summed E-state index contributed by atoms with van der Waals surface area (Å²) in [6.45, 7) is 0.266. The molecule has 0 heterocycles. The zero-order valence-corrected chi connectivity index (χ0v) is 11.6. The minimum atomic E-state index is -0.276. The van der Waals surface area contributed by atoms with Crippen molar-refractivity contribution in [3.63, 3.8) is 0 Å². The second-order valence-electron chi connectivity index (χ2n) is 5.27. The fourth-order valence-electron chi connectivity index (χ4n) is 2.40. The molecule has 0 bridgehead atoms. The van der Waals surface area contributed by atoms with Crippen LogP contribution in [0.15, 0.2) is 60.7 Å². The molecule has 2 aromatic rings. The maximum Gasteiger partial charge on any atom is 0.310 e. The topological polar surface area (TPSA) is 43.4 Å². The summed E-state index contributed by atoms with van der Waals surface area (Å²) in [6.07, 6.45) is 0.599. The van der Waals surface area contributed by atoms with Crippen molar-refractivity contribution in [3.05, 3.63) is 71.8 Å². The number of carbonyl (C=O) groups is 2. The lowest BCUT2D eigenvalue weighted by atomic mass is 10.1. The first-order chi connectivity index (χ1) is 10.3. The van der Waals surface area contributed by atoms with Crippen molar-refractivity contribution < 1.29 is 14.3 Å². The second kappa shape index (κ2) is 5.92. The van der Waals surface area contributed by atoms with Gasteiger partial charge in [0.15, 0.2) is 5.78 Å². The Morgan fingerprint density at radius 2 is 1.52 bits per heavy atom.